The van der Waals surface area contributed by atoms with Crippen LogP contribution in [-0.4, -0.2) is 42.0 Å². The number of amides is 1. The molecular weight excluding hydrogens is 493 g/mol. The van der Waals surface area contributed by atoms with Gasteiger partial charge in [-0.05, 0) is 31.2 Å². The Labute approximate surface area is 205 Å². The van der Waals surface area contributed by atoms with E-state index < -0.39 is 43.7 Å². The number of hydrogen-bond acceptors (Lipinski definition) is 9. The Hall–Kier alpha value is -2.84. The minimum atomic E-state index is -4.42. The van der Waals surface area contributed by atoms with E-state index in [0.717, 1.165) is 0 Å². The van der Waals surface area contributed by atoms with Crippen LogP contribution in [0.2, 0.25) is 0 Å². The standard InChI is InChI=1S/C22H25BN2O8P2/c1-13-18-17(14(2)26)21(27)25(18)19(22(28)30-34-24-23)20(13)33-35(29,31-15-9-5-3-6-10-15)32-16-11-7-4-8-12-16/h3-14,17-18,24,26,34H,23H2,1-2H3/t13-,14-,17-,18-/m1/s1. The predicted octanol–water partition coefficient (Wildman–Crippen LogP) is 2.53. The highest BCUT2D eigenvalue weighted by Gasteiger charge is 2.62. The minimum absolute atomic E-state index is 0.0624. The number of phosphoric ester groups is 1. The van der Waals surface area contributed by atoms with Gasteiger partial charge in [-0.2, -0.15) is 4.57 Å². The molecule has 5 atom stereocenters. The van der Waals surface area contributed by atoms with Crippen molar-refractivity contribution in [3.05, 3.63) is 72.1 Å². The molecule has 0 spiro atoms. The average molecular weight is 518 g/mol. The van der Waals surface area contributed by atoms with Crippen LogP contribution in [0.15, 0.2) is 72.1 Å². The number of fused-ring (bicyclic) bond motifs is 1. The van der Waals surface area contributed by atoms with Gasteiger partial charge in [0, 0.05) is 5.92 Å². The molecule has 35 heavy (non-hydrogen) atoms. The smallest absolute Gasteiger partial charge is 0.428 e. The number of carbonyl (C=O) groups excluding carboxylic acids is 2. The number of rotatable bonds is 10. The van der Waals surface area contributed by atoms with Crippen molar-refractivity contribution in [1.29, 1.82) is 0 Å². The van der Waals surface area contributed by atoms with Gasteiger partial charge in [0.15, 0.2) is 13.7 Å². The minimum Gasteiger partial charge on any atom is -0.428 e. The van der Waals surface area contributed by atoms with Gasteiger partial charge in [0.1, 0.15) is 26.2 Å². The molecule has 0 aliphatic carbocycles. The molecule has 13 heteroatoms. The second-order valence-electron chi connectivity index (χ2n) is 8.06. The molecule has 10 nitrogen and oxygen atoms in total. The fourth-order valence-corrected chi connectivity index (χ4v) is 5.83. The molecule has 2 heterocycles. The van der Waals surface area contributed by atoms with Crippen molar-refractivity contribution in [2.75, 3.05) is 0 Å². The number of carbonyl (C=O) groups is 2. The Morgan fingerprint density at radius 3 is 2.11 bits per heavy atom. The van der Waals surface area contributed by atoms with Crippen molar-refractivity contribution in [3.8, 4) is 11.5 Å². The van der Waals surface area contributed by atoms with Crippen LogP contribution in [0.3, 0.4) is 0 Å². The highest BCUT2D eigenvalue weighted by molar-refractivity contribution is 7.49. The Balaban J connectivity index is 1.73. The Bertz CT molecular complexity index is 1120. The molecule has 0 aromatic heterocycles. The second-order valence-corrected chi connectivity index (χ2v) is 10.4. The normalized spacial score (nSPS) is 22.5. The summed E-state index contributed by atoms with van der Waals surface area (Å²) in [5.74, 6) is -2.24. The third-order valence-electron chi connectivity index (χ3n) is 5.68. The van der Waals surface area contributed by atoms with Crippen LogP contribution in [0, 0.1) is 11.8 Å². The number of para-hydroxylation sites is 2. The number of nitrogens with zero attached hydrogens (tertiary/aromatic N) is 1. The first kappa shape index (κ1) is 25.3. The summed E-state index contributed by atoms with van der Waals surface area (Å²) in [7, 11) is -3.19. The van der Waals surface area contributed by atoms with E-state index in [1.54, 1.807) is 75.6 Å². The van der Waals surface area contributed by atoms with Crippen LogP contribution >= 0.6 is 16.8 Å². The highest BCUT2D eigenvalue weighted by atomic mass is 31.2. The summed E-state index contributed by atoms with van der Waals surface area (Å²) in [5.41, 5.74) is -0.180. The van der Waals surface area contributed by atoms with Crippen molar-refractivity contribution in [1.82, 2.24) is 9.90 Å². The summed E-state index contributed by atoms with van der Waals surface area (Å²) in [6.07, 6.45) is -0.949. The zero-order valence-corrected chi connectivity index (χ0v) is 21.2. The van der Waals surface area contributed by atoms with Gasteiger partial charge in [-0.25, -0.2) is 4.79 Å². The van der Waals surface area contributed by atoms with Gasteiger partial charge in [0.05, 0.1) is 18.1 Å². The van der Waals surface area contributed by atoms with E-state index in [1.807, 2.05) is 0 Å². The van der Waals surface area contributed by atoms with Crippen LogP contribution in [0.1, 0.15) is 13.8 Å². The number of phosphoric acid groups is 1. The lowest BCUT2D eigenvalue weighted by atomic mass is 9.79. The molecule has 2 aliphatic heterocycles. The van der Waals surface area contributed by atoms with E-state index >= 15 is 0 Å². The zero-order chi connectivity index (χ0) is 25.2. The van der Waals surface area contributed by atoms with Crippen molar-refractivity contribution < 1.29 is 37.4 Å². The first-order valence-corrected chi connectivity index (χ1v) is 13.3. The molecule has 1 unspecified atom stereocenters. The molecule has 2 aromatic rings. The van der Waals surface area contributed by atoms with Crippen molar-refractivity contribution in [2.45, 2.75) is 26.0 Å². The van der Waals surface area contributed by atoms with Crippen LogP contribution in [0.4, 0.5) is 0 Å². The molecule has 0 radical (unpaired) electrons. The molecule has 1 fully saturated rings. The second kappa shape index (κ2) is 10.4. The molecule has 1 amide bonds. The monoisotopic (exact) mass is 518 g/mol. The largest absolute Gasteiger partial charge is 0.646 e. The Kier molecular flexibility index (Phi) is 7.52. The molecule has 0 bridgehead atoms. The molecule has 2 aliphatic rings. The van der Waals surface area contributed by atoms with Gasteiger partial charge in [-0.1, -0.05) is 43.3 Å². The van der Waals surface area contributed by atoms with E-state index in [-0.39, 0.29) is 31.9 Å². The number of aliphatic hydroxyl groups excluding tert-OH is 1. The molecule has 2 N–H and O–H groups in total. The van der Waals surface area contributed by atoms with Crippen LogP contribution in [0.25, 0.3) is 0 Å². The number of aliphatic hydroxyl groups is 1. The van der Waals surface area contributed by atoms with Crippen LogP contribution < -0.4 is 14.0 Å². The summed E-state index contributed by atoms with van der Waals surface area (Å²) in [5, 5.41) is 10.1. The maximum absolute atomic E-state index is 14.0. The summed E-state index contributed by atoms with van der Waals surface area (Å²) >= 11 is 0. The SMILES string of the molecule is BNPOC(=O)C1=C(OP(=O)(Oc2ccccc2)Oc2ccccc2)[C@H](C)[C@@H]2[C@@H]([C@@H](C)O)C(=O)N12. The van der Waals surface area contributed by atoms with E-state index in [4.69, 9.17) is 18.1 Å². The summed E-state index contributed by atoms with van der Waals surface area (Å²) in [4.78, 5) is 29.7. The van der Waals surface area contributed by atoms with E-state index in [2.05, 4.69) is 5.00 Å². The summed E-state index contributed by atoms with van der Waals surface area (Å²) in [6.45, 7) is 3.22. The highest BCUT2D eigenvalue weighted by Crippen LogP contribution is 2.57. The van der Waals surface area contributed by atoms with Crippen molar-refractivity contribution in [2.24, 2.45) is 11.8 Å². The fraction of sp³-hybridized carbons (Fsp3) is 0.273. The third-order valence-corrected chi connectivity index (χ3v) is 7.46. The molecular formula is C22H25BN2O8P2. The van der Waals surface area contributed by atoms with Crippen LogP contribution in [0.5, 0.6) is 11.5 Å². The lowest BCUT2D eigenvalue weighted by Crippen LogP contribution is -2.63. The van der Waals surface area contributed by atoms with Gasteiger partial charge in [-0.15, -0.1) is 0 Å². The van der Waals surface area contributed by atoms with Gasteiger partial charge in [0.2, 0.25) is 5.91 Å². The third kappa shape index (κ3) is 5.09. The van der Waals surface area contributed by atoms with E-state index in [0.29, 0.717) is 0 Å². The molecule has 0 saturated carbocycles. The number of hydrogen-bond donors (Lipinski definition) is 2. The Morgan fingerprint density at radius 2 is 1.63 bits per heavy atom. The van der Waals surface area contributed by atoms with Crippen molar-refractivity contribution in [3.63, 3.8) is 0 Å². The molecule has 2 aromatic carbocycles. The number of β-lactam (4-membered cyclic amide) rings is 1. The molecule has 4 rings (SSSR count). The van der Waals surface area contributed by atoms with Gasteiger partial charge < -0.3 is 28.2 Å². The quantitative estimate of drug-likeness (QED) is 0.278. The van der Waals surface area contributed by atoms with Gasteiger partial charge >= 0.3 is 13.8 Å². The van der Waals surface area contributed by atoms with Gasteiger partial charge in [-0.3, -0.25) is 9.69 Å². The lowest BCUT2D eigenvalue weighted by molar-refractivity contribution is -0.162. The topological polar surface area (TPSA) is 124 Å². The van der Waals surface area contributed by atoms with Crippen molar-refractivity contribution >= 4 is 36.6 Å². The van der Waals surface area contributed by atoms with E-state index in [1.165, 1.54) is 11.8 Å². The van der Waals surface area contributed by atoms with E-state index in [9.17, 15) is 19.3 Å². The van der Waals surface area contributed by atoms with Gasteiger partial charge in [0.25, 0.3) is 0 Å². The summed E-state index contributed by atoms with van der Waals surface area (Å²) < 4.78 is 36.4. The zero-order valence-electron chi connectivity index (χ0n) is 19.3. The first-order chi connectivity index (χ1) is 16.8. The average Bonchev–Trinajstić information content (AvgIpc) is 3.06. The lowest BCUT2D eigenvalue weighted by Gasteiger charge is -2.46. The number of benzene rings is 2. The fourth-order valence-electron chi connectivity index (χ4n) is 4.18. The first-order valence-electron chi connectivity index (χ1n) is 10.9. The Morgan fingerprint density at radius 1 is 1.09 bits per heavy atom. The predicted molar refractivity (Wildman–Crippen MR) is 131 cm³/mol. The summed E-state index contributed by atoms with van der Waals surface area (Å²) in [6, 6.07) is 16.1. The molecule has 1 saturated heterocycles. The number of nitrogens with one attached hydrogen (secondary N) is 1. The van der Waals surface area contributed by atoms with Crippen LogP contribution in [-0.2, 0) is 23.2 Å². The molecule has 184 valence electrons. The maximum Gasteiger partial charge on any atom is 0.646 e. The maximum atomic E-state index is 14.0.